The minimum atomic E-state index is -1.21. The molecule has 0 aromatic carbocycles. The molecule has 15 nitrogen and oxygen atoms in total. The number of aryl methyl sites for hydroxylation is 2. The van der Waals surface area contributed by atoms with E-state index in [0.29, 0.717) is 34.7 Å². The Morgan fingerprint density at radius 1 is 0.759 bits per heavy atom. The van der Waals surface area contributed by atoms with Crippen LogP contribution in [-0.2, 0) is 33.8 Å². The number of pyridine rings is 2. The van der Waals surface area contributed by atoms with Crippen LogP contribution in [0.5, 0.6) is 0 Å². The average Bonchev–Trinajstić information content (AvgIpc) is 3.93. The van der Waals surface area contributed by atoms with Gasteiger partial charge in [0.05, 0.1) is 59.7 Å². The number of carbonyl (C=O) groups is 2. The van der Waals surface area contributed by atoms with Crippen LogP contribution in [0, 0.1) is 13.8 Å². The van der Waals surface area contributed by atoms with Crippen molar-refractivity contribution in [2.24, 2.45) is 0 Å². The molecule has 0 saturated carbocycles. The number of hydrogen-bond donors (Lipinski definition) is 2. The molecule has 0 bridgehead atoms. The first-order valence-electron chi connectivity index (χ1n) is 18.3. The van der Waals surface area contributed by atoms with Gasteiger partial charge in [0, 0.05) is 35.5 Å². The first-order chi connectivity index (χ1) is 26.8. The number of aromatic carboxylic acids is 1. The molecule has 6 aromatic heterocycles. The fraction of sp³-hybridized carbons (Fsp3) is 0.400. The summed E-state index contributed by atoms with van der Waals surface area (Å²) in [6.07, 6.45) is 7.04. The van der Waals surface area contributed by atoms with E-state index in [1.807, 2.05) is 97.3 Å². The van der Waals surface area contributed by atoms with Gasteiger partial charge < -0.3 is 25.1 Å². The molecule has 0 saturated heterocycles. The predicted molar refractivity (Wildman–Crippen MR) is 220 cm³/mol. The van der Waals surface area contributed by atoms with Crippen LogP contribution >= 0.6 is 22.7 Å². The normalized spacial score (nSPS) is 11.3. The Morgan fingerprint density at radius 3 is 1.62 bits per heavy atom. The number of anilines is 2. The van der Waals surface area contributed by atoms with E-state index in [1.165, 1.54) is 33.4 Å². The molecule has 3 N–H and O–H groups in total. The number of nitrogens with one attached hydrogen (secondary N) is 1. The van der Waals surface area contributed by atoms with Crippen molar-refractivity contribution in [1.82, 2.24) is 39.5 Å². The summed E-state index contributed by atoms with van der Waals surface area (Å²) in [4.78, 5) is 40.3. The monoisotopic (exact) mass is 854 g/mol. The van der Waals surface area contributed by atoms with Crippen LogP contribution < -0.4 is 67.5 Å². The van der Waals surface area contributed by atoms with E-state index in [2.05, 4.69) is 35.5 Å². The van der Waals surface area contributed by atoms with Crippen molar-refractivity contribution in [3.05, 3.63) is 117 Å². The molecule has 0 unspecified atom stereocenters. The molecule has 0 fully saturated rings. The molecule has 0 aliphatic rings. The number of ether oxygens (including phenoxy) is 2. The quantitative estimate of drug-likeness (QED) is 0.161. The molecule has 6 rings (SSSR count). The summed E-state index contributed by atoms with van der Waals surface area (Å²) in [7, 11) is 0. The zero-order valence-corrected chi connectivity index (χ0v) is 39.8. The SMILES string of the molecule is CC(C)OC(C)(C)c1csc(N)n1.Cc1cc(C(=O)Nc2nc(C(C)(C)OC(C)C)cs2)n(Cc2ccncc2)n1.Cc1cc(C(=O)[O-])n(Cc2ccncc2)n1.[K+]. The second-order valence-electron chi connectivity index (χ2n) is 14.6. The maximum absolute atomic E-state index is 12.8. The Kier molecular flexibility index (Phi) is 18.5. The van der Waals surface area contributed by atoms with E-state index in [0.717, 1.165) is 28.2 Å². The van der Waals surface area contributed by atoms with Gasteiger partial charge in [-0.15, -0.1) is 22.7 Å². The van der Waals surface area contributed by atoms with E-state index in [1.54, 1.807) is 42.5 Å². The number of nitrogen functional groups attached to an aromatic ring is 1. The minimum Gasteiger partial charge on any atom is -0.543 e. The standard InChI is InChI=1S/C20H25N5O2S.C11H11N3O2.C9H16N2OS.K/c1-13(2)27-20(4,5)17-12-28-19(22-17)23-18(26)16-10-14(3)24-25(16)11-15-6-8-21-9-7-15;1-8-6-10(11(15)16)14(13-8)7-9-2-4-12-5-3-9;1-6(2)12-9(3,4)7-5-13-8(10)11-7;/h6-10,12-13H,11H2,1-5H3,(H,22,23,26);2-6H,7H2,1H3,(H,15,16);5-6H,1-4H3,(H2,10,11);/q;;;+1/p-1. The largest absolute Gasteiger partial charge is 1.00 e. The molecule has 0 aliphatic carbocycles. The van der Waals surface area contributed by atoms with Crippen molar-refractivity contribution in [3.63, 3.8) is 0 Å². The average molecular weight is 855 g/mol. The predicted octanol–water partition coefficient (Wildman–Crippen LogP) is 3.39. The number of carboxylic acids is 1. The van der Waals surface area contributed by atoms with Gasteiger partial charge in [0.2, 0.25) is 0 Å². The number of hydrogen-bond acceptors (Lipinski definition) is 14. The third kappa shape index (κ3) is 14.8. The van der Waals surface area contributed by atoms with Gasteiger partial charge in [-0.05, 0) is 117 Å². The van der Waals surface area contributed by atoms with Crippen molar-refractivity contribution in [3.8, 4) is 0 Å². The van der Waals surface area contributed by atoms with Gasteiger partial charge in [0.15, 0.2) is 10.3 Å². The van der Waals surface area contributed by atoms with Gasteiger partial charge in [-0.2, -0.15) is 10.2 Å². The van der Waals surface area contributed by atoms with Crippen LogP contribution in [0.4, 0.5) is 10.3 Å². The van der Waals surface area contributed by atoms with Crippen LogP contribution in [0.25, 0.3) is 0 Å². The Hall–Kier alpha value is -3.72. The molecule has 0 aliphatic heterocycles. The Balaban J connectivity index is 0.000000254. The van der Waals surface area contributed by atoms with E-state index in [4.69, 9.17) is 15.2 Å². The van der Waals surface area contributed by atoms with Crippen LogP contribution in [0.3, 0.4) is 0 Å². The summed E-state index contributed by atoms with van der Waals surface area (Å²) < 4.78 is 14.8. The van der Waals surface area contributed by atoms with Crippen LogP contribution in [0.15, 0.2) is 71.9 Å². The Morgan fingerprint density at radius 2 is 1.19 bits per heavy atom. The van der Waals surface area contributed by atoms with E-state index in [-0.39, 0.29) is 80.8 Å². The number of carbonyl (C=O) groups excluding carboxylic acids is 2. The van der Waals surface area contributed by atoms with E-state index < -0.39 is 11.6 Å². The zero-order valence-electron chi connectivity index (χ0n) is 35.0. The smallest absolute Gasteiger partial charge is 0.543 e. The first-order valence-corrected chi connectivity index (χ1v) is 20.0. The second-order valence-corrected chi connectivity index (χ2v) is 16.3. The molecule has 58 heavy (non-hydrogen) atoms. The van der Waals surface area contributed by atoms with Crippen LogP contribution in [0.1, 0.15) is 110 Å². The molecule has 0 radical (unpaired) electrons. The molecule has 6 heterocycles. The Labute approximate surface area is 390 Å². The third-order valence-corrected chi connectivity index (χ3v) is 9.38. The number of thiazole rings is 2. The van der Waals surface area contributed by atoms with Crippen molar-refractivity contribution >= 4 is 44.8 Å². The van der Waals surface area contributed by atoms with Gasteiger partial charge >= 0.3 is 51.4 Å². The minimum absolute atomic E-state index is 0. The molecular weight excluding hydrogens is 804 g/mol. The summed E-state index contributed by atoms with van der Waals surface area (Å²) in [6.45, 7) is 20.5. The Bertz CT molecular complexity index is 2200. The number of nitrogens with two attached hydrogens (primary N) is 1. The maximum Gasteiger partial charge on any atom is 1.00 e. The third-order valence-electron chi connectivity index (χ3n) is 7.95. The topological polar surface area (TPSA) is 201 Å². The molecule has 18 heteroatoms. The summed E-state index contributed by atoms with van der Waals surface area (Å²) >= 11 is 2.83. The number of amides is 1. The number of aromatic nitrogens is 8. The van der Waals surface area contributed by atoms with Crippen molar-refractivity contribution in [2.75, 3.05) is 11.1 Å². The van der Waals surface area contributed by atoms with E-state index in [9.17, 15) is 14.7 Å². The van der Waals surface area contributed by atoms with Gasteiger partial charge in [-0.1, -0.05) is 0 Å². The first kappa shape index (κ1) is 48.6. The van der Waals surface area contributed by atoms with Crippen molar-refractivity contribution < 1.29 is 75.6 Å². The van der Waals surface area contributed by atoms with Crippen LogP contribution in [-0.4, -0.2) is 63.6 Å². The summed E-state index contributed by atoms with van der Waals surface area (Å²) in [5.74, 6) is -1.45. The molecule has 6 aromatic rings. The molecule has 0 spiro atoms. The van der Waals surface area contributed by atoms with Gasteiger partial charge in [-0.3, -0.25) is 29.4 Å². The van der Waals surface area contributed by atoms with Gasteiger partial charge in [0.1, 0.15) is 16.9 Å². The summed E-state index contributed by atoms with van der Waals surface area (Å²) in [5, 5.41) is 27.3. The maximum atomic E-state index is 12.8. The van der Waals surface area contributed by atoms with Crippen LogP contribution in [0.2, 0.25) is 0 Å². The fourth-order valence-corrected chi connectivity index (χ4v) is 7.22. The molecule has 0 atom stereocenters. The number of nitrogens with zero attached hydrogens (tertiary/aromatic N) is 8. The number of rotatable bonds is 13. The second kappa shape index (κ2) is 22.0. The molecule has 304 valence electrons. The molecular formula is C40H51KN10O5S2. The summed E-state index contributed by atoms with van der Waals surface area (Å²) in [6, 6.07) is 10.7. The molecule has 1 amide bonds. The van der Waals surface area contributed by atoms with Gasteiger partial charge in [-0.25, -0.2) is 9.97 Å². The van der Waals surface area contributed by atoms with Crippen molar-refractivity contribution in [2.45, 2.75) is 106 Å². The fourth-order valence-electron chi connectivity index (χ4n) is 5.63. The van der Waals surface area contributed by atoms with Gasteiger partial charge in [0.25, 0.3) is 5.91 Å². The number of carboxylic acid groups (broad SMARTS) is 1. The zero-order chi connectivity index (χ0) is 41.9. The van der Waals surface area contributed by atoms with E-state index >= 15 is 0 Å². The van der Waals surface area contributed by atoms with Crippen molar-refractivity contribution in [1.29, 1.82) is 0 Å². The summed E-state index contributed by atoms with van der Waals surface area (Å²) in [5.41, 5.74) is 10.4.